The van der Waals surface area contributed by atoms with Crippen molar-refractivity contribution >= 4 is 11.5 Å². The van der Waals surface area contributed by atoms with Crippen LogP contribution in [-0.2, 0) is 0 Å². The molecule has 0 fully saturated rings. The minimum Gasteiger partial charge on any atom is -0.409 e. The molecule has 0 aliphatic rings. The number of hydrogen-bond acceptors (Lipinski definition) is 5. The van der Waals surface area contributed by atoms with Gasteiger partial charge in [-0.2, -0.15) is 0 Å². The number of nitrogens with two attached hydrogens (primary N) is 1. The minimum atomic E-state index is 0.0253. The third-order valence-corrected chi connectivity index (χ3v) is 2.43. The van der Waals surface area contributed by atoms with Crippen LogP contribution in [0.3, 0.4) is 0 Å². The van der Waals surface area contributed by atoms with Gasteiger partial charge >= 0.3 is 0 Å². The van der Waals surface area contributed by atoms with Crippen molar-refractivity contribution in [3.63, 3.8) is 0 Å². The van der Waals surface area contributed by atoms with E-state index in [1.54, 1.807) is 6.20 Å². The zero-order chi connectivity index (χ0) is 12.8. The quantitative estimate of drug-likeness (QED) is 0.330. The predicted octanol–water partition coefficient (Wildman–Crippen LogP) is 0.174. The molecule has 3 N–H and O–H groups in total. The van der Waals surface area contributed by atoms with Gasteiger partial charge in [0, 0.05) is 26.3 Å². The van der Waals surface area contributed by atoms with E-state index in [4.69, 9.17) is 10.9 Å². The van der Waals surface area contributed by atoms with Gasteiger partial charge in [0.05, 0.1) is 5.69 Å². The zero-order valence-electron chi connectivity index (χ0n) is 10.5. The third-order valence-electron chi connectivity index (χ3n) is 2.43. The lowest BCUT2D eigenvalue weighted by Crippen LogP contribution is -2.30. The number of pyridine rings is 1. The molecule has 0 spiro atoms. The molecule has 0 aliphatic carbocycles. The third kappa shape index (κ3) is 3.60. The lowest BCUT2D eigenvalue weighted by atomic mass is 10.2. The summed E-state index contributed by atoms with van der Waals surface area (Å²) in [7, 11) is 5.98. The molecule has 0 saturated heterocycles. The molecule has 17 heavy (non-hydrogen) atoms. The Hall–Kier alpha value is -1.82. The molecule has 0 saturated carbocycles. The molecule has 94 valence electrons. The van der Waals surface area contributed by atoms with Crippen LogP contribution in [0.25, 0.3) is 0 Å². The van der Waals surface area contributed by atoms with Gasteiger partial charge in [-0.25, -0.2) is 0 Å². The fourth-order valence-electron chi connectivity index (χ4n) is 1.42. The molecule has 1 rings (SSSR count). The molecule has 0 radical (unpaired) electrons. The number of rotatable bonds is 5. The lowest BCUT2D eigenvalue weighted by Gasteiger charge is -2.23. The van der Waals surface area contributed by atoms with Gasteiger partial charge in [-0.15, -0.1) is 0 Å². The number of hydrogen-bond donors (Lipinski definition) is 2. The molecule has 0 aliphatic heterocycles. The Morgan fingerprint density at radius 2 is 2.12 bits per heavy atom. The first-order chi connectivity index (χ1) is 8.06. The molecule has 0 bridgehead atoms. The van der Waals surface area contributed by atoms with E-state index in [9.17, 15) is 0 Å². The van der Waals surface area contributed by atoms with Gasteiger partial charge in [0.25, 0.3) is 0 Å². The molecule has 0 amide bonds. The van der Waals surface area contributed by atoms with Crippen molar-refractivity contribution in [3.8, 4) is 0 Å². The van der Waals surface area contributed by atoms with Crippen LogP contribution in [0.4, 0.5) is 5.69 Å². The molecule has 1 heterocycles. The van der Waals surface area contributed by atoms with Gasteiger partial charge in [-0.1, -0.05) is 5.16 Å². The predicted molar refractivity (Wildman–Crippen MR) is 68.6 cm³/mol. The van der Waals surface area contributed by atoms with E-state index in [-0.39, 0.29) is 5.84 Å². The van der Waals surface area contributed by atoms with E-state index in [0.29, 0.717) is 5.69 Å². The van der Waals surface area contributed by atoms with E-state index in [0.717, 1.165) is 18.8 Å². The van der Waals surface area contributed by atoms with Crippen molar-refractivity contribution < 1.29 is 5.21 Å². The van der Waals surface area contributed by atoms with Gasteiger partial charge in [-0.3, -0.25) is 4.98 Å². The molecule has 6 nitrogen and oxygen atoms in total. The Kier molecular flexibility index (Phi) is 4.71. The van der Waals surface area contributed by atoms with Gasteiger partial charge in [0.1, 0.15) is 5.69 Å². The number of oxime groups is 1. The van der Waals surface area contributed by atoms with E-state index in [2.05, 4.69) is 15.0 Å². The maximum Gasteiger partial charge on any atom is 0.190 e. The Morgan fingerprint density at radius 1 is 1.41 bits per heavy atom. The topological polar surface area (TPSA) is 78.0 Å². The summed E-state index contributed by atoms with van der Waals surface area (Å²) in [5.74, 6) is 0.0253. The normalized spacial score (nSPS) is 11.9. The summed E-state index contributed by atoms with van der Waals surface area (Å²) in [6.45, 7) is 1.76. The second-order valence-electron chi connectivity index (χ2n) is 4.08. The fourth-order valence-corrected chi connectivity index (χ4v) is 1.42. The average Bonchev–Trinajstić information content (AvgIpc) is 2.34. The summed E-state index contributed by atoms with van der Waals surface area (Å²) in [6, 6.07) is 3.73. The number of aromatic nitrogens is 1. The van der Waals surface area contributed by atoms with Crippen molar-refractivity contribution in [2.45, 2.75) is 0 Å². The first kappa shape index (κ1) is 13.2. The molecule has 0 aromatic carbocycles. The van der Waals surface area contributed by atoms with E-state index in [1.165, 1.54) is 0 Å². The monoisotopic (exact) mass is 237 g/mol. The van der Waals surface area contributed by atoms with Crippen molar-refractivity contribution in [2.75, 3.05) is 39.1 Å². The van der Waals surface area contributed by atoms with Crippen LogP contribution in [0.15, 0.2) is 23.5 Å². The van der Waals surface area contributed by atoms with Crippen LogP contribution >= 0.6 is 0 Å². The highest BCUT2D eigenvalue weighted by molar-refractivity contribution is 6.00. The number of anilines is 1. The van der Waals surface area contributed by atoms with Gasteiger partial charge in [0.2, 0.25) is 0 Å². The zero-order valence-corrected chi connectivity index (χ0v) is 10.5. The number of nitrogens with zero attached hydrogens (tertiary/aromatic N) is 4. The molecule has 1 aromatic heterocycles. The largest absolute Gasteiger partial charge is 0.409 e. The molecule has 0 unspecified atom stereocenters. The van der Waals surface area contributed by atoms with E-state index in [1.807, 2.05) is 38.2 Å². The van der Waals surface area contributed by atoms with Crippen molar-refractivity contribution in [1.29, 1.82) is 0 Å². The maximum atomic E-state index is 8.71. The number of likely N-dealkylation sites (N-methyl/N-ethyl adjacent to an activating group) is 2. The van der Waals surface area contributed by atoms with Crippen LogP contribution in [0, 0.1) is 0 Å². The highest BCUT2D eigenvalue weighted by atomic mass is 16.4. The fraction of sp³-hybridized carbons (Fsp3) is 0.455. The van der Waals surface area contributed by atoms with Crippen LogP contribution in [-0.4, -0.2) is 55.2 Å². The summed E-state index contributed by atoms with van der Waals surface area (Å²) in [5.41, 5.74) is 6.94. The smallest absolute Gasteiger partial charge is 0.190 e. The van der Waals surface area contributed by atoms with Crippen LogP contribution in [0.2, 0.25) is 0 Å². The lowest BCUT2D eigenvalue weighted by molar-refractivity contribution is 0.318. The molecular weight excluding hydrogens is 218 g/mol. The number of amidine groups is 1. The minimum absolute atomic E-state index is 0.0253. The first-order valence-electron chi connectivity index (χ1n) is 5.35. The van der Waals surface area contributed by atoms with Crippen molar-refractivity contribution in [2.24, 2.45) is 10.9 Å². The Bertz CT molecular complexity index is 391. The standard InChI is InChI=1S/C11H19N5O/c1-15(2)7-8-16(3)9-5-4-6-13-10(9)11(12)14-17/h4-6,17H,7-8H2,1-3H3,(H2,12,14). The first-order valence-corrected chi connectivity index (χ1v) is 5.35. The molecule has 6 heteroatoms. The summed E-state index contributed by atoms with van der Waals surface area (Å²) in [5, 5.41) is 11.7. The molecular formula is C11H19N5O. The maximum absolute atomic E-state index is 8.71. The Morgan fingerprint density at radius 3 is 2.71 bits per heavy atom. The van der Waals surface area contributed by atoms with E-state index >= 15 is 0 Å². The van der Waals surface area contributed by atoms with Crippen molar-refractivity contribution in [1.82, 2.24) is 9.88 Å². The van der Waals surface area contributed by atoms with Gasteiger partial charge in [0.15, 0.2) is 5.84 Å². The second kappa shape index (κ2) is 6.05. The second-order valence-corrected chi connectivity index (χ2v) is 4.08. The Labute approximate surface area is 101 Å². The molecule has 1 aromatic rings. The average molecular weight is 237 g/mol. The summed E-state index contributed by atoms with van der Waals surface area (Å²) in [6.07, 6.45) is 1.62. The highest BCUT2D eigenvalue weighted by Crippen LogP contribution is 2.16. The molecule has 0 atom stereocenters. The highest BCUT2D eigenvalue weighted by Gasteiger charge is 2.11. The van der Waals surface area contributed by atoms with Crippen molar-refractivity contribution in [3.05, 3.63) is 24.0 Å². The van der Waals surface area contributed by atoms with Gasteiger partial charge < -0.3 is 20.7 Å². The van der Waals surface area contributed by atoms with Crippen LogP contribution < -0.4 is 10.6 Å². The Balaban J connectivity index is 2.89. The SMILES string of the molecule is CN(C)CCN(C)c1cccnc1/C(N)=N/O. The summed E-state index contributed by atoms with van der Waals surface area (Å²) in [4.78, 5) is 8.25. The van der Waals surface area contributed by atoms with E-state index < -0.39 is 0 Å². The van der Waals surface area contributed by atoms with Crippen LogP contribution in [0.1, 0.15) is 5.69 Å². The summed E-state index contributed by atoms with van der Waals surface area (Å²) < 4.78 is 0. The van der Waals surface area contributed by atoms with Crippen LogP contribution in [0.5, 0.6) is 0 Å². The summed E-state index contributed by atoms with van der Waals surface area (Å²) >= 11 is 0. The van der Waals surface area contributed by atoms with Gasteiger partial charge in [-0.05, 0) is 26.2 Å².